The predicted molar refractivity (Wildman–Crippen MR) is 89.7 cm³/mol. The zero-order chi connectivity index (χ0) is 21.6. The van der Waals surface area contributed by atoms with Crippen LogP contribution < -0.4 is 4.74 Å². The van der Waals surface area contributed by atoms with E-state index in [9.17, 15) is 25.2 Å². The van der Waals surface area contributed by atoms with Crippen molar-refractivity contribution in [2.24, 2.45) is 5.92 Å². The minimum atomic E-state index is -1.78. The molecule has 25 heavy (non-hydrogen) atoms. The first-order valence-electron chi connectivity index (χ1n) is 9.38. The first-order chi connectivity index (χ1) is 13.6. The maximum atomic E-state index is 12.5. The van der Waals surface area contributed by atoms with Gasteiger partial charge in [-0.1, -0.05) is 18.2 Å². The third-order valence-electron chi connectivity index (χ3n) is 4.13. The standard InChI is InChI=1S/C19H18O6/c1-25-16-8-11(4-7-13(16)21)17-14(22)9-15(23)18(17)19(24)10-2-5-12(20)6-3-10/h2-9,17-21,23-24H,1H3/i2D,3D,5D,6D. The van der Waals surface area contributed by atoms with Crippen LogP contribution in [0.3, 0.4) is 0 Å². The molecule has 6 heteroatoms. The number of aliphatic hydroxyl groups excluding tert-OH is 2. The van der Waals surface area contributed by atoms with Crippen molar-refractivity contribution in [2.45, 2.75) is 12.0 Å². The van der Waals surface area contributed by atoms with E-state index in [0.29, 0.717) is 5.56 Å². The number of carbonyl (C=O) groups excluding carboxylic acids is 1. The molecule has 0 spiro atoms. The lowest BCUT2D eigenvalue weighted by Gasteiger charge is -2.25. The van der Waals surface area contributed by atoms with Gasteiger partial charge in [0.25, 0.3) is 0 Å². The maximum Gasteiger partial charge on any atom is 0.167 e. The number of ketones is 1. The van der Waals surface area contributed by atoms with Crippen molar-refractivity contribution in [3.63, 3.8) is 0 Å². The van der Waals surface area contributed by atoms with Crippen LogP contribution in [-0.4, -0.2) is 33.3 Å². The Hall–Kier alpha value is -2.99. The van der Waals surface area contributed by atoms with Crippen molar-refractivity contribution in [3.05, 3.63) is 65.3 Å². The molecule has 1 aliphatic carbocycles. The van der Waals surface area contributed by atoms with Crippen LogP contribution in [0.4, 0.5) is 0 Å². The molecule has 0 radical (unpaired) electrons. The van der Waals surface area contributed by atoms with Gasteiger partial charge in [0, 0.05) is 6.08 Å². The molecule has 4 N–H and O–H groups in total. The summed E-state index contributed by atoms with van der Waals surface area (Å²) in [5.41, 5.74) is -0.142. The number of aliphatic hydroxyl groups is 2. The Labute approximate surface area is 149 Å². The second-order valence-electron chi connectivity index (χ2n) is 5.61. The van der Waals surface area contributed by atoms with Crippen molar-refractivity contribution in [3.8, 4) is 17.2 Å². The molecule has 130 valence electrons. The number of ether oxygens (including phenoxy) is 1. The Morgan fingerprint density at radius 2 is 1.84 bits per heavy atom. The lowest BCUT2D eigenvalue weighted by Crippen LogP contribution is -2.22. The minimum Gasteiger partial charge on any atom is -0.512 e. The molecule has 2 aromatic rings. The summed E-state index contributed by atoms with van der Waals surface area (Å²) in [5, 5.41) is 40.7. The normalized spacial score (nSPS) is 23.3. The minimum absolute atomic E-state index is 0.0730. The molecule has 3 rings (SSSR count). The van der Waals surface area contributed by atoms with Crippen LogP contribution in [0, 0.1) is 5.92 Å². The third kappa shape index (κ3) is 3.04. The highest BCUT2D eigenvalue weighted by molar-refractivity contribution is 5.99. The molecule has 3 atom stereocenters. The number of aromatic hydroxyl groups is 2. The average molecular weight is 346 g/mol. The van der Waals surface area contributed by atoms with E-state index in [1.165, 1.54) is 25.3 Å². The highest BCUT2D eigenvalue weighted by Gasteiger charge is 2.42. The van der Waals surface area contributed by atoms with E-state index >= 15 is 0 Å². The molecule has 0 saturated carbocycles. The van der Waals surface area contributed by atoms with E-state index in [4.69, 9.17) is 10.2 Å². The number of rotatable bonds is 4. The van der Waals surface area contributed by atoms with Crippen molar-refractivity contribution < 1.29 is 35.4 Å². The number of hydrogen-bond donors (Lipinski definition) is 4. The van der Waals surface area contributed by atoms with Crippen LogP contribution >= 0.6 is 0 Å². The van der Waals surface area contributed by atoms with Crippen LogP contribution in [0.1, 0.15) is 28.6 Å². The lowest BCUT2D eigenvalue weighted by atomic mass is 9.81. The summed E-state index contributed by atoms with van der Waals surface area (Å²) in [6.45, 7) is 0. The van der Waals surface area contributed by atoms with Gasteiger partial charge < -0.3 is 25.2 Å². The van der Waals surface area contributed by atoms with Gasteiger partial charge in [0.1, 0.15) is 11.5 Å². The van der Waals surface area contributed by atoms with Gasteiger partial charge in [-0.05, 0) is 35.3 Å². The second-order valence-corrected chi connectivity index (χ2v) is 5.61. The Morgan fingerprint density at radius 1 is 1.16 bits per heavy atom. The van der Waals surface area contributed by atoms with Crippen LogP contribution in [-0.2, 0) is 4.79 Å². The van der Waals surface area contributed by atoms with Crippen LogP contribution in [0.25, 0.3) is 0 Å². The van der Waals surface area contributed by atoms with E-state index in [0.717, 1.165) is 6.08 Å². The monoisotopic (exact) mass is 346 g/mol. The predicted octanol–water partition coefficient (Wildman–Crippen LogP) is 2.56. The molecule has 0 heterocycles. The number of hydrogen-bond acceptors (Lipinski definition) is 6. The molecule has 1 aliphatic rings. The highest BCUT2D eigenvalue weighted by atomic mass is 16.5. The Bertz CT molecular complexity index is 1010. The Morgan fingerprint density at radius 3 is 2.48 bits per heavy atom. The quantitative estimate of drug-likeness (QED) is 0.678. The van der Waals surface area contributed by atoms with Gasteiger partial charge in [-0.3, -0.25) is 4.79 Å². The zero-order valence-electron chi connectivity index (χ0n) is 17.1. The van der Waals surface area contributed by atoms with E-state index in [-0.39, 0.29) is 11.5 Å². The number of phenolic OH excluding ortho intramolecular Hbond substituents is 2. The van der Waals surface area contributed by atoms with Crippen molar-refractivity contribution >= 4 is 5.78 Å². The van der Waals surface area contributed by atoms with Gasteiger partial charge in [0.2, 0.25) is 0 Å². The lowest BCUT2D eigenvalue weighted by molar-refractivity contribution is -0.116. The molecule has 6 nitrogen and oxygen atoms in total. The highest BCUT2D eigenvalue weighted by Crippen LogP contribution is 2.45. The fraction of sp³-hybridized carbons (Fsp3) is 0.211. The van der Waals surface area contributed by atoms with Gasteiger partial charge in [0.15, 0.2) is 17.3 Å². The fourth-order valence-corrected chi connectivity index (χ4v) is 2.93. The number of benzene rings is 2. The van der Waals surface area contributed by atoms with Gasteiger partial charge in [-0.2, -0.15) is 0 Å². The molecular formula is C19H18O6. The summed E-state index contributed by atoms with van der Waals surface area (Å²) >= 11 is 0. The number of phenols is 2. The van der Waals surface area contributed by atoms with Crippen molar-refractivity contribution in [2.75, 3.05) is 7.11 Å². The molecule has 0 aromatic heterocycles. The topological polar surface area (TPSA) is 107 Å². The average Bonchev–Trinajstić information content (AvgIpc) is 2.99. The maximum absolute atomic E-state index is 12.5. The molecular weight excluding hydrogens is 324 g/mol. The summed E-state index contributed by atoms with van der Waals surface area (Å²) in [6, 6.07) is 1.24. The van der Waals surface area contributed by atoms with E-state index in [1.54, 1.807) is 0 Å². The number of allylic oxidation sites excluding steroid dienone is 1. The number of methoxy groups -OCH3 is 1. The van der Waals surface area contributed by atoms with E-state index < -0.39 is 65.0 Å². The summed E-state index contributed by atoms with van der Waals surface area (Å²) in [7, 11) is 1.32. The summed E-state index contributed by atoms with van der Waals surface area (Å²) in [5.74, 6) is -4.41. The molecule has 3 unspecified atom stereocenters. The summed E-state index contributed by atoms with van der Waals surface area (Å²) in [6.07, 6.45) is -0.856. The van der Waals surface area contributed by atoms with Crippen LogP contribution in [0.5, 0.6) is 17.2 Å². The third-order valence-corrected chi connectivity index (χ3v) is 4.13. The Kier molecular flexibility index (Phi) is 3.21. The van der Waals surface area contributed by atoms with Crippen LogP contribution in [0.15, 0.2) is 54.2 Å². The van der Waals surface area contributed by atoms with Crippen molar-refractivity contribution in [1.82, 2.24) is 0 Å². The van der Waals surface area contributed by atoms with Gasteiger partial charge in [-0.15, -0.1) is 0 Å². The molecule has 0 bridgehead atoms. The second kappa shape index (κ2) is 6.49. The van der Waals surface area contributed by atoms with Gasteiger partial charge in [-0.25, -0.2) is 0 Å². The van der Waals surface area contributed by atoms with Gasteiger partial charge >= 0.3 is 0 Å². The number of carbonyl (C=O) groups is 1. The molecule has 2 aromatic carbocycles. The zero-order valence-corrected chi connectivity index (χ0v) is 13.1. The van der Waals surface area contributed by atoms with Gasteiger partial charge in [0.05, 0.1) is 30.5 Å². The molecule has 0 aliphatic heterocycles. The Balaban J connectivity index is 2.14. The summed E-state index contributed by atoms with van der Waals surface area (Å²) < 4.78 is 36.5. The smallest absolute Gasteiger partial charge is 0.167 e. The van der Waals surface area contributed by atoms with Crippen LogP contribution in [0.2, 0.25) is 0 Å². The largest absolute Gasteiger partial charge is 0.512 e. The first kappa shape index (κ1) is 12.4. The first-order valence-corrected chi connectivity index (χ1v) is 7.38. The van der Waals surface area contributed by atoms with E-state index in [2.05, 4.69) is 0 Å². The SMILES string of the molecule is [2H]c1c([2H])c(C(O)C2C(O)=CC(=O)C2c2ccc(O)c(OC)c2)c([2H])c([2H])c1O. The molecule has 0 amide bonds. The molecule has 0 fully saturated rings. The van der Waals surface area contributed by atoms with Crippen molar-refractivity contribution in [1.29, 1.82) is 0 Å². The van der Waals surface area contributed by atoms with E-state index in [1.807, 2.05) is 0 Å². The fourth-order valence-electron chi connectivity index (χ4n) is 2.93. The summed E-state index contributed by atoms with van der Waals surface area (Å²) in [4.78, 5) is 12.5. The molecule has 0 saturated heterocycles.